The third-order valence-electron chi connectivity index (χ3n) is 4.12. The van der Waals surface area contributed by atoms with Crippen LogP contribution in [0.15, 0.2) is 71.1 Å². The molecule has 0 unspecified atom stereocenters. The fraction of sp³-hybridized carbons (Fsp3) is 0.217. The number of amides is 1. The van der Waals surface area contributed by atoms with Gasteiger partial charge in [0.05, 0.1) is 17.2 Å². The molecule has 150 valence electrons. The summed E-state index contributed by atoms with van der Waals surface area (Å²) in [7, 11) is 0. The van der Waals surface area contributed by atoms with Crippen LogP contribution in [0.25, 0.3) is 6.08 Å². The zero-order valence-electron chi connectivity index (χ0n) is 16.6. The molecule has 1 heterocycles. The van der Waals surface area contributed by atoms with Crippen molar-refractivity contribution in [1.82, 2.24) is 4.90 Å². The van der Waals surface area contributed by atoms with Gasteiger partial charge in [0.2, 0.25) is 0 Å². The maximum atomic E-state index is 12.8. The second-order valence-electron chi connectivity index (χ2n) is 6.15. The van der Waals surface area contributed by atoms with Crippen LogP contribution in [0.4, 0.5) is 5.69 Å². The predicted octanol–water partition coefficient (Wildman–Crippen LogP) is 5.27. The van der Waals surface area contributed by atoms with Crippen molar-refractivity contribution in [3.05, 3.63) is 71.7 Å². The summed E-state index contributed by atoms with van der Waals surface area (Å²) < 4.78 is 11.0. The van der Waals surface area contributed by atoms with Gasteiger partial charge >= 0.3 is 0 Å². The lowest BCUT2D eigenvalue weighted by Gasteiger charge is -2.12. The highest BCUT2D eigenvalue weighted by Crippen LogP contribution is 2.34. The molecule has 29 heavy (non-hydrogen) atoms. The first-order valence-corrected chi connectivity index (χ1v) is 10.3. The molecule has 1 aliphatic rings. The number of carbonyl (C=O) groups excluding carboxylic acids is 1. The maximum Gasteiger partial charge on any atom is 0.266 e. The fourth-order valence-electron chi connectivity index (χ4n) is 2.73. The number of aliphatic imine (C=N–C) groups is 1. The van der Waals surface area contributed by atoms with Crippen molar-refractivity contribution in [3.63, 3.8) is 0 Å². The number of ether oxygens (including phenoxy) is 2. The van der Waals surface area contributed by atoms with E-state index in [1.165, 1.54) is 11.8 Å². The number of hydrogen-bond donors (Lipinski definition) is 0. The van der Waals surface area contributed by atoms with Gasteiger partial charge in [0.25, 0.3) is 5.91 Å². The Labute approximate surface area is 175 Å². The maximum absolute atomic E-state index is 12.8. The second-order valence-corrected chi connectivity index (χ2v) is 7.16. The second kappa shape index (κ2) is 9.98. The van der Waals surface area contributed by atoms with E-state index < -0.39 is 0 Å². The van der Waals surface area contributed by atoms with Crippen LogP contribution < -0.4 is 9.47 Å². The average molecular weight is 409 g/mol. The molecule has 1 aliphatic heterocycles. The van der Waals surface area contributed by atoms with Crippen molar-refractivity contribution >= 4 is 34.6 Å². The van der Waals surface area contributed by atoms with Crippen LogP contribution in [-0.2, 0) is 4.79 Å². The summed E-state index contributed by atoms with van der Waals surface area (Å²) in [6.45, 7) is 9.18. The number of likely N-dealkylation sites (N-methyl/N-ethyl adjacent to an activating group) is 1. The molecule has 2 aromatic carbocycles. The standard InChI is InChI=1S/C23H24N2O3S/c1-4-15-28-20-11-7-17(8-12-20)16-21-22(26)25(5-2)23(29-21)24-18-9-13-19(14-10-18)27-6-3/h4,7-14,16H,1,5-6,15H2,2-3H3/b21-16+,24-23?. The topological polar surface area (TPSA) is 51.1 Å². The molecule has 3 rings (SSSR count). The first-order valence-electron chi connectivity index (χ1n) is 9.51. The van der Waals surface area contributed by atoms with E-state index in [1.54, 1.807) is 11.0 Å². The molecule has 0 aliphatic carbocycles. The van der Waals surface area contributed by atoms with Gasteiger partial charge in [-0.25, -0.2) is 4.99 Å². The normalized spacial score (nSPS) is 16.5. The number of hydrogen-bond acceptors (Lipinski definition) is 5. The summed E-state index contributed by atoms with van der Waals surface area (Å²) in [5.41, 5.74) is 1.72. The highest BCUT2D eigenvalue weighted by molar-refractivity contribution is 8.18. The average Bonchev–Trinajstić information content (AvgIpc) is 3.03. The van der Waals surface area contributed by atoms with Crippen molar-refractivity contribution < 1.29 is 14.3 Å². The molecule has 1 fully saturated rings. The molecule has 0 aromatic heterocycles. The van der Waals surface area contributed by atoms with Crippen molar-refractivity contribution in [1.29, 1.82) is 0 Å². The van der Waals surface area contributed by atoms with E-state index in [2.05, 4.69) is 11.6 Å². The minimum Gasteiger partial charge on any atom is -0.494 e. The Morgan fingerprint density at radius 3 is 2.31 bits per heavy atom. The van der Waals surface area contributed by atoms with Gasteiger partial charge in [0, 0.05) is 6.54 Å². The van der Waals surface area contributed by atoms with E-state index in [1.807, 2.05) is 68.5 Å². The number of carbonyl (C=O) groups is 1. The molecule has 0 radical (unpaired) electrons. The van der Waals surface area contributed by atoms with E-state index in [0.29, 0.717) is 29.8 Å². The lowest BCUT2D eigenvalue weighted by atomic mass is 10.2. The molecule has 1 saturated heterocycles. The molecule has 0 N–H and O–H groups in total. The monoisotopic (exact) mass is 408 g/mol. The highest BCUT2D eigenvalue weighted by atomic mass is 32.2. The molecule has 0 bridgehead atoms. The van der Waals surface area contributed by atoms with Gasteiger partial charge in [0.1, 0.15) is 18.1 Å². The number of nitrogens with zero attached hydrogens (tertiary/aromatic N) is 2. The Morgan fingerprint density at radius 2 is 1.69 bits per heavy atom. The summed E-state index contributed by atoms with van der Waals surface area (Å²) in [6, 6.07) is 15.2. The molecule has 2 aromatic rings. The van der Waals surface area contributed by atoms with E-state index in [9.17, 15) is 4.79 Å². The molecule has 5 nitrogen and oxygen atoms in total. The Hall–Kier alpha value is -2.99. The molecular formula is C23H24N2O3S. The van der Waals surface area contributed by atoms with Crippen molar-refractivity contribution in [2.45, 2.75) is 13.8 Å². The van der Waals surface area contributed by atoms with Crippen molar-refractivity contribution in [2.75, 3.05) is 19.8 Å². The van der Waals surface area contributed by atoms with Crippen LogP contribution in [0.1, 0.15) is 19.4 Å². The van der Waals surface area contributed by atoms with Gasteiger partial charge in [-0.3, -0.25) is 9.69 Å². The van der Waals surface area contributed by atoms with Crippen molar-refractivity contribution in [2.24, 2.45) is 4.99 Å². The fourth-order valence-corrected chi connectivity index (χ4v) is 3.79. The molecule has 6 heteroatoms. The molecule has 0 spiro atoms. The smallest absolute Gasteiger partial charge is 0.266 e. The van der Waals surface area contributed by atoms with Crippen LogP contribution in [0, 0.1) is 0 Å². The molecule has 1 amide bonds. The van der Waals surface area contributed by atoms with E-state index in [0.717, 1.165) is 22.7 Å². The Kier molecular flexibility index (Phi) is 7.14. The van der Waals surface area contributed by atoms with Gasteiger partial charge < -0.3 is 9.47 Å². The first-order chi connectivity index (χ1) is 14.1. The van der Waals surface area contributed by atoms with E-state index >= 15 is 0 Å². The van der Waals surface area contributed by atoms with E-state index in [4.69, 9.17) is 9.47 Å². The van der Waals surface area contributed by atoms with E-state index in [-0.39, 0.29) is 5.91 Å². The number of benzene rings is 2. The van der Waals surface area contributed by atoms with Crippen molar-refractivity contribution in [3.8, 4) is 11.5 Å². The van der Waals surface area contributed by atoms with Crippen LogP contribution in [0.5, 0.6) is 11.5 Å². The number of amidine groups is 1. The Balaban J connectivity index is 1.79. The van der Waals surface area contributed by atoms with Gasteiger partial charge in [-0.15, -0.1) is 0 Å². The van der Waals surface area contributed by atoms with Gasteiger partial charge in [-0.05, 0) is 73.6 Å². The largest absolute Gasteiger partial charge is 0.494 e. The number of rotatable bonds is 8. The summed E-state index contributed by atoms with van der Waals surface area (Å²) >= 11 is 1.39. The number of thioether (sulfide) groups is 1. The van der Waals surface area contributed by atoms with Crippen LogP contribution in [0.3, 0.4) is 0 Å². The van der Waals surface area contributed by atoms with Crippen LogP contribution in [-0.4, -0.2) is 35.7 Å². The first kappa shape index (κ1) is 20.7. The molecular weight excluding hydrogens is 384 g/mol. The van der Waals surface area contributed by atoms with Crippen LogP contribution in [0.2, 0.25) is 0 Å². The minimum absolute atomic E-state index is 0.0332. The highest BCUT2D eigenvalue weighted by Gasteiger charge is 2.32. The van der Waals surface area contributed by atoms with Gasteiger partial charge in [0.15, 0.2) is 5.17 Å². The third-order valence-corrected chi connectivity index (χ3v) is 5.13. The Bertz CT molecular complexity index is 918. The zero-order valence-corrected chi connectivity index (χ0v) is 17.4. The molecule has 0 atom stereocenters. The summed E-state index contributed by atoms with van der Waals surface area (Å²) in [6.07, 6.45) is 3.59. The summed E-state index contributed by atoms with van der Waals surface area (Å²) in [5.74, 6) is 1.54. The molecule has 0 saturated carbocycles. The lowest BCUT2D eigenvalue weighted by Crippen LogP contribution is -2.28. The quantitative estimate of drug-likeness (QED) is 0.441. The van der Waals surface area contributed by atoms with Gasteiger partial charge in [-0.1, -0.05) is 24.8 Å². The lowest BCUT2D eigenvalue weighted by molar-refractivity contribution is -0.122. The third kappa shape index (κ3) is 5.29. The van der Waals surface area contributed by atoms with Gasteiger partial charge in [-0.2, -0.15) is 0 Å². The van der Waals surface area contributed by atoms with Crippen LogP contribution >= 0.6 is 11.8 Å². The zero-order chi connectivity index (χ0) is 20.6. The Morgan fingerprint density at radius 1 is 1.03 bits per heavy atom. The summed E-state index contributed by atoms with van der Waals surface area (Å²) in [4.78, 5) is 19.8. The minimum atomic E-state index is -0.0332. The predicted molar refractivity (Wildman–Crippen MR) is 120 cm³/mol. The SMILES string of the molecule is C=CCOc1ccc(/C=C2/SC(=Nc3ccc(OCC)cc3)N(CC)C2=O)cc1. The summed E-state index contributed by atoms with van der Waals surface area (Å²) in [5, 5.41) is 0.679.